The first-order chi connectivity index (χ1) is 7.03. The van der Waals surface area contributed by atoms with E-state index in [1.807, 2.05) is 0 Å². The van der Waals surface area contributed by atoms with Gasteiger partial charge in [0.1, 0.15) is 0 Å². The number of hydrogen-bond donors (Lipinski definition) is 1. The van der Waals surface area contributed by atoms with Crippen molar-refractivity contribution in [3.8, 4) is 6.07 Å². The van der Waals surface area contributed by atoms with E-state index in [9.17, 15) is 8.42 Å². The van der Waals surface area contributed by atoms with E-state index in [1.54, 1.807) is 6.07 Å². The minimum Gasteiger partial charge on any atom is -0.211 e. The van der Waals surface area contributed by atoms with Gasteiger partial charge in [-0.2, -0.15) is 5.26 Å². The summed E-state index contributed by atoms with van der Waals surface area (Å²) >= 11 is 0. The van der Waals surface area contributed by atoms with Crippen LogP contribution in [0, 0.1) is 17.2 Å². The maximum absolute atomic E-state index is 11.4. The van der Waals surface area contributed by atoms with E-state index in [2.05, 4.69) is 11.6 Å². The van der Waals surface area contributed by atoms with Gasteiger partial charge in [-0.05, 0) is 25.2 Å². The van der Waals surface area contributed by atoms with Gasteiger partial charge in [0.05, 0.1) is 6.07 Å². The third kappa shape index (κ3) is 4.63. The fraction of sp³-hybridized carbons (Fsp3) is 0.900. The van der Waals surface area contributed by atoms with Gasteiger partial charge in [-0.15, -0.1) is 0 Å². The van der Waals surface area contributed by atoms with E-state index in [-0.39, 0.29) is 6.04 Å². The van der Waals surface area contributed by atoms with Crippen LogP contribution >= 0.6 is 0 Å². The van der Waals surface area contributed by atoms with Crippen LogP contribution in [0.3, 0.4) is 0 Å². The number of nitrogens with one attached hydrogen (secondary N) is 1. The SMILES string of the molecule is CC1CCCC(NS(=O)(=O)CC#N)CC1. The minimum absolute atomic E-state index is 0.0355. The van der Waals surface area contributed by atoms with Gasteiger partial charge in [0.25, 0.3) is 0 Å². The molecule has 0 bridgehead atoms. The molecule has 1 rings (SSSR count). The molecule has 0 spiro atoms. The summed E-state index contributed by atoms with van der Waals surface area (Å²) in [7, 11) is -3.38. The van der Waals surface area contributed by atoms with Gasteiger partial charge >= 0.3 is 0 Å². The Morgan fingerprint density at radius 3 is 2.73 bits per heavy atom. The Balaban J connectivity index is 2.48. The monoisotopic (exact) mass is 230 g/mol. The Hall–Kier alpha value is -0.600. The molecule has 5 heteroatoms. The number of hydrogen-bond acceptors (Lipinski definition) is 3. The quantitative estimate of drug-likeness (QED) is 0.745. The predicted octanol–water partition coefficient (Wildman–Crippen LogP) is 1.40. The summed E-state index contributed by atoms with van der Waals surface area (Å²) < 4.78 is 25.3. The first-order valence-corrected chi connectivity index (χ1v) is 7.05. The van der Waals surface area contributed by atoms with Crippen molar-refractivity contribution in [2.24, 2.45) is 5.92 Å². The van der Waals surface area contributed by atoms with E-state index in [0.717, 1.165) is 25.7 Å². The molecule has 4 nitrogen and oxygen atoms in total. The van der Waals surface area contributed by atoms with Crippen LogP contribution in [-0.4, -0.2) is 20.2 Å². The molecule has 86 valence electrons. The molecule has 0 aromatic carbocycles. The molecule has 0 amide bonds. The second-order valence-corrected chi connectivity index (χ2v) is 6.10. The Kier molecular flexibility index (Phi) is 4.55. The fourth-order valence-corrected chi connectivity index (χ4v) is 2.98. The van der Waals surface area contributed by atoms with Crippen molar-refractivity contribution in [2.75, 3.05) is 5.75 Å². The van der Waals surface area contributed by atoms with Crippen LogP contribution in [0.1, 0.15) is 39.0 Å². The molecular formula is C10H18N2O2S. The van der Waals surface area contributed by atoms with Crippen molar-refractivity contribution in [1.29, 1.82) is 5.26 Å². The van der Waals surface area contributed by atoms with Gasteiger partial charge in [-0.3, -0.25) is 0 Å². The highest BCUT2D eigenvalue weighted by atomic mass is 32.2. The zero-order valence-corrected chi connectivity index (χ0v) is 9.89. The minimum atomic E-state index is -3.38. The number of nitrogens with zero attached hydrogens (tertiary/aromatic N) is 1. The molecule has 1 N–H and O–H groups in total. The lowest BCUT2D eigenvalue weighted by Gasteiger charge is -2.14. The van der Waals surface area contributed by atoms with Gasteiger partial charge < -0.3 is 0 Å². The molecule has 15 heavy (non-hydrogen) atoms. The highest BCUT2D eigenvalue weighted by molar-refractivity contribution is 7.89. The summed E-state index contributed by atoms with van der Waals surface area (Å²) in [6.45, 7) is 2.20. The second-order valence-electron chi connectivity index (χ2n) is 4.35. The summed E-state index contributed by atoms with van der Waals surface area (Å²) in [6.07, 6.45) is 5.11. The van der Waals surface area contributed by atoms with E-state index < -0.39 is 15.8 Å². The second kappa shape index (κ2) is 5.47. The van der Waals surface area contributed by atoms with Crippen molar-refractivity contribution in [2.45, 2.75) is 45.1 Å². The summed E-state index contributed by atoms with van der Waals surface area (Å²) in [6, 6.07) is 1.71. The highest BCUT2D eigenvalue weighted by Gasteiger charge is 2.20. The summed E-state index contributed by atoms with van der Waals surface area (Å²) in [4.78, 5) is 0. The van der Waals surface area contributed by atoms with Gasteiger partial charge in [0.15, 0.2) is 5.75 Å². The standard InChI is InChI=1S/C10H18N2O2S/c1-9-3-2-4-10(6-5-9)12-15(13,14)8-7-11/h9-10,12H,2-6,8H2,1H3. The molecule has 0 radical (unpaired) electrons. The maximum atomic E-state index is 11.4. The van der Waals surface area contributed by atoms with Crippen LogP contribution in [0.2, 0.25) is 0 Å². The lowest BCUT2D eigenvalue weighted by molar-refractivity contribution is 0.485. The van der Waals surface area contributed by atoms with Crippen molar-refractivity contribution in [3.05, 3.63) is 0 Å². The van der Waals surface area contributed by atoms with Crippen molar-refractivity contribution >= 4 is 10.0 Å². The summed E-state index contributed by atoms with van der Waals surface area (Å²) in [5.41, 5.74) is 0. The van der Waals surface area contributed by atoms with E-state index in [4.69, 9.17) is 5.26 Å². The van der Waals surface area contributed by atoms with Crippen LogP contribution in [0.25, 0.3) is 0 Å². The Labute approximate surface area is 91.7 Å². The number of nitriles is 1. The largest absolute Gasteiger partial charge is 0.225 e. The van der Waals surface area contributed by atoms with Crippen molar-refractivity contribution in [3.63, 3.8) is 0 Å². The van der Waals surface area contributed by atoms with E-state index in [0.29, 0.717) is 5.92 Å². The summed E-state index contributed by atoms with van der Waals surface area (Å²) in [5, 5.41) is 8.36. The predicted molar refractivity (Wildman–Crippen MR) is 58.6 cm³/mol. The van der Waals surface area contributed by atoms with E-state index >= 15 is 0 Å². The molecule has 0 heterocycles. The van der Waals surface area contributed by atoms with E-state index in [1.165, 1.54) is 6.42 Å². The first kappa shape index (κ1) is 12.5. The number of sulfonamides is 1. The van der Waals surface area contributed by atoms with Gasteiger partial charge in [-0.1, -0.05) is 19.8 Å². The molecule has 0 saturated heterocycles. The molecule has 1 aliphatic carbocycles. The number of rotatable bonds is 3. The molecule has 1 saturated carbocycles. The van der Waals surface area contributed by atoms with Gasteiger partial charge in [0, 0.05) is 6.04 Å². The highest BCUT2D eigenvalue weighted by Crippen LogP contribution is 2.22. The smallest absolute Gasteiger partial charge is 0.211 e. The first-order valence-electron chi connectivity index (χ1n) is 5.40. The normalized spacial score (nSPS) is 28.0. The van der Waals surface area contributed by atoms with Crippen LogP contribution in [-0.2, 0) is 10.0 Å². The maximum Gasteiger partial charge on any atom is 0.225 e. The zero-order valence-electron chi connectivity index (χ0n) is 9.07. The third-order valence-electron chi connectivity index (χ3n) is 2.86. The van der Waals surface area contributed by atoms with Gasteiger partial charge in [0.2, 0.25) is 10.0 Å². The van der Waals surface area contributed by atoms with Crippen molar-refractivity contribution < 1.29 is 8.42 Å². The zero-order chi connectivity index (χ0) is 11.3. The Morgan fingerprint density at radius 2 is 2.07 bits per heavy atom. The lowest BCUT2D eigenvalue weighted by Crippen LogP contribution is -2.35. The molecule has 2 atom stereocenters. The Bertz CT molecular complexity index is 332. The molecule has 2 unspecified atom stereocenters. The van der Waals surface area contributed by atoms with Gasteiger partial charge in [-0.25, -0.2) is 13.1 Å². The Morgan fingerprint density at radius 1 is 1.33 bits per heavy atom. The third-order valence-corrected chi connectivity index (χ3v) is 4.06. The van der Waals surface area contributed by atoms with Crippen LogP contribution in [0.4, 0.5) is 0 Å². The van der Waals surface area contributed by atoms with Crippen LogP contribution in [0.15, 0.2) is 0 Å². The molecule has 1 fully saturated rings. The molecule has 0 aromatic heterocycles. The summed E-state index contributed by atoms with van der Waals surface area (Å²) in [5.74, 6) is 0.259. The molecule has 0 aromatic rings. The van der Waals surface area contributed by atoms with Crippen molar-refractivity contribution in [1.82, 2.24) is 4.72 Å². The molecule has 0 aliphatic heterocycles. The van der Waals surface area contributed by atoms with Crippen LogP contribution < -0.4 is 4.72 Å². The fourth-order valence-electron chi connectivity index (χ4n) is 1.99. The topological polar surface area (TPSA) is 70.0 Å². The molecule has 1 aliphatic rings. The lowest BCUT2D eigenvalue weighted by atomic mass is 10.0. The average molecular weight is 230 g/mol. The molecular weight excluding hydrogens is 212 g/mol. The average Bonchev–Trinajstić information content (AvgIpc) is 2.30. The van der Waals surface area contributed by atoms with Crippen LogP contribution in [0.5, 0.6) is 0 Å².